The normalized spacial score (nSPS) is 14.7. The number of hydrogen-bond acceptors (Lipinski definition) is 4. The third-order valence-corrected chi connectivity index (χ3v) is 4.73. The first-order valence-corrected chi connectivity index (χ1v) is 10.7. The smallest absolute Gasteiger partial charge is 0.307 e. The Morgan fingerprint density at radius 1 is 1.00 bits per heavy atom. The van der Waals surface area contributed by atoms with E-state index in [1.54, 1.807) is 26.8 Å². The third-order valence-electron chi connectivity index (χ3n) is 4.73. The van der Waals surface area contributed by atoms with Crippen LogP contribution in [0.25, 0.3) is 0 Å². The van der Waals surface area contributed by atoms with E-state index in [2.05, 4.69) is 17.2 Å². The average molecular weight is 431 g/mol. The van der Waals surface area contributed by atoms with Gasteiger partial charge in [-0.2, -0.15) is 0 Å². The largest absolute Gasteiger partial charge is 0.460 e. The Labute approximate surface area is 186 Å². The molecule has 0 bridgehead atoms. The average Bonchev–Trinajstić information content (AvgIpc) is 2.63. The van der Waals surface area contributed by atoms with Crippen molar-refractivity contribution in [1.82, 2.24) is 10.6 Å². The molecule has 1 aromatic carbocycles. The molecule has 0 aliphatic heterocycles. The van der Waals surface area contributed by atoms with Gasteiger partial charge in [-0.1, -0.05) is 57.2 Å². The number of rotatable bonds is 9. The van der Waals surface area contributed by atoms with E-state index in [4.69, 9.17) is 4.74 Å². The van der Waals surface area contributed by atoms with Gasteiger partial charge in [0.15, 0.2) is 0 Å². The van der Waals surface area contributed by atoms with Gasteiger partial charge < -0.3 is 15.4 Å². The predicted molar refractivity (Wildman–Crippen MR) is 123 cm³/mol. The zero-order valence-electron chi connectivity index (χ0n) is 20.0. The topological polar surface area (TPSA) is 84.5 Å². The van der Waals surface area contributed by atoms with Gasteiger partial charge in [-0.3, -0.25) is 14.4 Å². The van der Waals surface area contributed by atoms with Crippen LogP contribution in [-0.2, 0) is 19.1 Å². The Kier molecular flexibility index (Phi) is 9.47. The van der Waals surface area contributed by atoms with Gasteiger partial charge in [0.25, 0.3) is 0 Å². The van der Waals surface area contributed by atoms with Gasteiger partial charge >= 0.3 is 5.97 Å². The second-order valence-electron chi connectivity index (χ2n) is 9.96. The third kappa shape index (κ3) is 9.37. The maximum absolute atomic E-state index is 13.1. The quantitative estimate of drug-likeness (QED) is 0.451. The molecular weight excluding hydrogens is 392 g/mol. The summed E-state index contributed by atoms with van der Waals surface area (Å²) in [7, 11) is 0. The first-order chi connectivity index (χ1) is 14.2. The van der Waals surface area contributed by atoms with E-state index in [1.165, 1.54) is 0 Å². The molecule has 6 nitrogen and oxygen atoms in total. The summed E-state index contributed by atoms with van der Waals surface area (Å²) in [6, 6.07) is 8.65. The van der Waals surface area contributed by atoms with Crippen LogP contribution in [0.5, 0.6) is 0 Å². The minimum atomic E-state index is -0.767. The summed E-state index contributed by atoms with van der Waals surface area (Å²) in [6.45, 7) is 16.6. The predicted octanol–water partition coefficient (Wildman–Crippen LogP) is 4.32. The van der Waals surface area contributed by atoms with Crippen molar-refractivity contribution in [2.45, 2.75) is 79.0 Å². The highest BCUT2D eigenvalue weighted by molar-refractivity contribution is 5.90. The molecule has 0 saturated carbocycles. The summed E-state index contributed by atoms with van der Waals surface area (Å²) in [5, 5.41) is 5.85. The fraction of sp³-hybridized carbons (Fsp3) is 0.560. The van der Waals surface area contributed by atoms with Gasteiger partial charge in [0.1, 0.15) is 11.6 Å². The Morgan fingerprint density at radius 2 is 1.58 bits per heavy atom. The molecule has 6 heteroatoms. The molecule has 1 aromatic rings. The number of ether oxygens (including phenoxy) is 1. The number of allylic oxidation sites excluding steroid dienone is 1. The number of carbonyl (C=O) groups excluding carboxylic acids is 3. The maximum atomic E-state index is 13.1. The lowest BCUT2D eigenvalue weighted by Gasteiger charge is -2.32. The second-order valence-corrected chi connectivity index (χ2v) is 9.96. The molecule has 2 amide bonds. The van der Waals surface area contributed by atoms with Crippen molar-refractivity contribution in [3.05, 3.63) is 48.6 Å². The first kappa shape index (κ1) is 26.4. The molecule has 3 unspecified atom stereocenters. The molecule has 0 fully saturated rings. The van der Waals surface area contributed by atoms with Crippen LogP contribution in [-0.4, -0.2) is 29.4 Å². The van der Waals surface area contributed by atoms with Crippen molar-refractivity contribution in [2.24, 2.45) is 11.3 Å². The fourth-order valence-electron chi connectivity index (χ4n) is 3.13. The van der Waals surface area contributed by atoms with Gasteiger partial charge in [-0.05, 0) is 45.1 Å². The van der Waals surface area contributed by atoms with Crippen LogP contribution in [0.4, 0.5) is 0 Å². The summed E-state index contributed by atoms with van der Waals surface area (Å²) in [4.78, 5) is 38.3. The van der Waals surface area contributed by atoms with Gasteiger partial charge in [0.05, 0.1) is 18.4 Å². The lowest BCUT2D eigenvalue weighted by molar-refractivity contribution is -0.157. The van der Waals surface area contributed by atoms with Gasteiger partial charge in [-0.15, -0.1) is 6.58 Å². The van der Waals surface area contributed by atoms with Crippen molar-refractivity contribution in [3.63, 3.8) is 0 Å². The fourth-order valence-corrected chi connectivity index (χ4v) is 3.13. The van der Waals surface area contributed by atoms with E-state index in [0.29, 0.717) is 6.42 Å². The molecule has 0 radical (unpaired) electrons. The van der Waals surface area contributed by atoms with Crippen molar-refractivity contribution in [3.8, 4) is 0 Å². The van der Waals surface area contributed by atoms with E-state index >= 15 is 0 Å². The lowest BCUT2D eigenvalue weighted by Crippen LogP contribution is -2.55. The molecule has 172 valence electrons. The van der Waals surface area contributed by atoms with Crippen molar-refractivity contribution < 1.29 is 19.1 Å². The zero-order valence-corrected chi connectivity index (χ0v) is 20.0. The molecule has 1 rings (SSSR count). The molecular formula is C25H38N2O4. The second kappa shape index (κ2) is 11.1. The highest BCUT2D eigenvalue weighted by Crippen LogP contribution is 2.23. The first-order valence-electron chi connectivity index (χ1n) is 10.7. The SMILES string of the molecule is C=CCC(CC(=O)OC(C)(C)C)C(=O)NC(C(=O)NC(C)c1ccccc1)C(C)(C)C. The van der Waals surface area contributed by atoms with Gasteiger partial charge in [0, 0.05) is 0 Å². The number of amides is 2. The number of carbonyl (C=O) groups is 3. The summed E-state index contributed by atoms with van der Waals surface area (Å²) in [5.41, 5.74) is -0.182. The molecule has 0 aliphatic rings. The minimum Gasteiger partial charge on any atom is -0.460 e. The number of benzene rings is 1. The molecule has 0 aromatic heterocycles. The highest BCUT2D eigenvalue weighted by Gasteiger charge is 2.35. The minimum absolute atomic E-state index is 0.0754. The highest BCUT2D eigenvalue weighted by atomic mass is 16.6. The van der Waals surface area contributed by atoms with Crippen molar-refractivity contribution in [2.75, 3.05) is 0 Å². The van der Waals surface area contributed by atoms with E-state index in [-0.39, 0.29) is 24.3 Å². The lowest BCUT2D eigenvalue weighted by atomic mass is 9.85. The number of esters is 1. The summed E-state index contributed by atoms with van der Waals surface area (Å²) < 4.78 is 5.35. The van der Waals surface area contributed by atoms with E-state index in [0.717, 1.165) is 5.56 Å². The van der Waals surface area contributed by atoms with Crippen LogP contribution >= 0.6 is 0 Å². The van der Waals surface area contributed by atoms with Crippen LogP contribution in [0, 0.1) is 11.3 Å². The van der Waals surface area contributed by atoms with Crippen molar-refractivity contribution >= 4 is 17.8 Å². The Morgan fingerprint density at radius 3 is 2.06 bits per heavy atom. The summed E-state index contributed by atoms with van der Waals surface area (Å²) >= 11 is 0. The zero-order chi connectivity index (χ0) is 23.8. The van der Waals surface area contributed by atoms with Crippen LogP contribution in [0.2, 0.25) is 0 Å². The van der Waals surface area contributed by atoms with E-state index < -0.39 is 28.9 Å². The standard InChI is InChI=1S/C25H38N2O4/c1-9-13-19(16-20(28)31-25(6,7)8)22(29)27-21(24(3,4)5)23(30)26-17(2)18-14-11-10-12-15-18/h9-12,14-15,17,19,21H,1,13,16H2,2-8H3,(H,26,30)(H,27,29). The van der Waals surface area contributed by atoms with Crippen molar-refractivity contribution in [1.29, 1.82) is 0 Å². The van der Waals surface area contributed by atoms with Crippen LogP contribution < -0.4 is 10.6 Å². The molecule has 0 spiro atoms. The summed E-state index contributed by atoms with van der Waals surface area (Å²) in [5.74, 6) is -1.75. The molecule has 2 N–H and O–H groups in total. The Balaban J connectivity index is 2.92. The van der Waals surface area contributed by atoms with E-state index in [9.17, 15) is 14.4 Å². The Bertz CT molecular complexity index is 760. The monoisotopic (exact) mass is 430 g/mol. The number of nitrogens with one attached hydrogen (secondary N) is 2. The van der Waals surface area contributed by atoms with Crippen LogP contribution in [0.1, 0.15) is 72.9 Å². The molecule has 0 saturated heterocycles. The maximum Gasteiger partial charge on any atom is 0.307 e. The van der Waals surface area contributed by atoms with Gasteiger partial charge in [-0.25, -0.2) is 0 Å². The molecule has 0 heterocycles. The summed E-state index contributed by atoms with van der Waals surface area (Å²) in [6.07, 6.45) is 1.83. The van der Waals surface area contributed by atoms with E-state index in [1.807, 2.05) is 58.0 Å². The molecule has 31 heavy (non-hydrogen) atoms. The molecule has 3 atom stereocenters. The van der Waals surface area contributed by atoms with Gasteiger partial charge in [0.2, 0.25) is 11.8 Å². The Hall–Kier alpha value is -2.63. The van der Waals surface area contributed by atoms with Crippen LogP contribution in [0.15, 0.2) is 43.0 Å². The number of hydrogen-bond donors (Lipinski definition) is 2. The molecule has 0 aliphatic carbocycles. The van der Waals surface area contributed by atoms with Crippen LogP contribution in [0.3, 0.4) is 0 Å².